The second kappa shape index (κ2) is 10.0. The summed E-state index contributed by atoms with van der Waals surface area (Å²) in [6.45, 7) is 0.563. The fourth-order valence-corrected chi connectivity index (χ4v) is 3.07. The van der Waals surface area contributed by atoms with Gasteiger partial charge in [0, 0.05) is 23.1 Å². The van der Waals surface area contributed by atoms with Gasteiger partial charge in [-0.15, -0.1) is 0 Å². The lowest BCUT2D eigenvalue weighted by Crippen LogP contribution is -2.30. The van der Waals surface area contributed by atoms with Crippen molar-refractivity contribution in [3.8, 4) is 5.75 Å². The number of benzene rings is 2. The molecule has 0 spiro atoms. The van der Waals surface area contributed by atoms with Crippen molar-refractivity contribution in [2.45, 2.75) is 5.75 Å². The molecule has 0 aliphatic heterocycles. The normalized spacial score (nSPS) is 10.5. The van der Waals surface area contributed by atoms with E-state index in [1.54, 1.807) is 42.1 Å². The van der Waals surface area contributed by atoms with Crippen LogP contribution in [0.4, 0.5) is 0 Å². The minimum Gasteiger partial charge on any atom is -0.484 e. The van der Waals surface area contributed by atoms with Gasteiger partial charge in [0.25, 0.3) is 5.91 Å². The average molecular weight is 405 g/mol. The number of carbonyl (C=O) groups is 1. The van der Waals surface area contributed by atoms with Crippen LogP contribution in [0.5, 0.6) is 5.75 Å². The monoisotopic (exact) mass is 403 g/mol. The van der Waals surface area contributed by atoms with E-state index in [1.807, 2.05) is 12.1 Å². The summed E-state index contributed by atoms with van der Waals surface area (Å²) in [4.78, 5) is 11.7. The first-order chi connectivity index (χ1) is 11.5. The summed E-state index contributed by atoms with van der Waals surface area (Å²) in [6, 6.07) is 12.5. The maximum atomic E-state index is 11.7. The Morgan fingerprint density at radius 1 is 1.04 bits per heavy atom. The molecule has 24 heavy (non-hydrogen) atoms. The van der Waals surface area contributed by atoms with Crippen LogP contribution in [0.25, 0.3) is 0 Å². The first-order valence-corrected chi connectivity index (χ1v) is 9.50. The molecule has 2 aromatic rings. The Labute approximate surface area is 160 Å². The molecule has 2 aromatic carbocycles. The second-order valence-corrected chi connectivity index (χ2v) is 7.25. The molecule has 1 N–H and O–H groups in total. The number of amides is 1. The Morgan fingerprint density at radius 3 is 2.50 bits per heavy atom. The molecule has 0 bridgehead atoms. The van der Waals surface area contributed by atoms with E-state index < -0.39 is 0 Å². The average Bonchev–Trinajstić information content (AvgIpc) is 2.57. The SMILES string of the molecule is O=C(COc1ccc(Cl)cc1)NCCSCc1ccc(Cl)c(Cl)c1. The van der Waals surface area contributed by atoms with Gasteiger partial charge in [0.1, 0.15) is 5.75 Å². The van der Waals surface area contributed by atoms with Gasteiger partial charge in [-0.25, -0.2) is 0 Å². The predicted molar refractivity (Wildman–Crippen MR) is 103 cm³/mol. The van der Waals surface area contributed by atoms with Gasteiger partial charge in [-0.3, -0.25) is 4.79 Å². The van der Waals surface area contributed by atoms with Crippen molar-refractivity contribution >= 4 is 52.5 Å². The lowest BCUT2D eigenvalue weighted by Gasteiger charge is -2.08. The highest BCUT2D eigenvalue weighted by Crippen LogP contribution is 2.24. The van der Waals surface area contributed by atoms with E-state index in [4.69, 9.17) is 39.5 Å². The van der Waals surface area contributed by atoms with Gasteiger partial charge in [0.15, 0.2) is 6.61 Å². The lowest BCUT2D eigenvalue weighted by atomic mass is 10.2. The van der Waals surface area contributed by atoms with E-state index in [0.717, 1.165) is 17.1 Å². The molecule has 1 amide bonds. The van der Waals surface area contributed by atoms with Crippen LogP contribution >= 0.6 is 46.6 Å². The summed E-state index contributed by atoms with van der Waals surface area (Å²) in [5, 5.41) is 4.56. The molecule has 0 fully saturated rings. The zero-order chi connectivity index (χ0) is 17.4. The van der Waals surface area contributed by atoms with E-state index in [0.29, 0.717) is 27.4 Å². The van der Waals surface area contributed by atoms with Crippen molar-refractivity contribution in [3.63, 3.8) is 0 Å². The second-order valence-electron chi connectivity index (χ2n) is 4.89. The first kappa shape index (κ1) is 19.3. The molecule has 0 atom stereocenters. The number of rotatable bonds is 8. The Bertz CT molecular complexity index is 680. The molecule has 128 valence electrons. The first-order valence-electron chi connectivity index (χ1n) is 7.21. The zero-order valence-electron chi connectivity index (χ0n) is 12.7. The Kier molecular flexibility index (Phi) is 8.06. The lowest BCUT2D eigenvalue weighted by molar-refractivity contribution is -0.122. The third kappa shape index (κ3) is 6.81. The van der Waals surface area contributed by atoms with E-state index >= 15 is 0 Å². The minimum absolute atomic E-state index is 0.0148. The molecule has 0 saturated carbocycles. The van der Waals surface area contributed by atoms with Crippen molar-refractivity contribution in [2.24, 2.45) is 0 Å². The van der Waals surface area contributed by atoms with Crippen molar-refractivity contribution < 1.29 is 9.53 Å². The molecule has 2 rings (SSSR count). The molecule has 0 heterocycles. The van der Waals surface area contributed by atoms with Gasteiger partial charge in [0.2, 0.25) is 0 Å². The van der Waals surface area contributed by atoms with E-state index in [-0.39, 0.29) is 12.5 Å². The summed E-state index contributed by atoms with van der Waals surface area (Å²) in [5.74, 6) is 2.07. The van der Waals surface area contributed by atoms with Gasteiger partial charge >= 0.3 is 0 Å². The smallest absolute Gasteiger partial charge is 0.257 e. The van der Waals surface area contributed by atoms with Crippen LogP contribution in [0.1, 0.15) is 5.56 Å². The highest BCUT2D eigenvalue weighted by atomic mass is 35.5. The third-order valence-electron chi connectivity index (χ3n) is 3.00. The topological polar surface area (TPSA) is 38.3 Å². The largest absolute Gasteiger partial charge is 0.484 e. The number of hydrogen-bond donors (Lipinski definition) is 1. The van der Waals surface area contributed by atoms with Crippen LogP contribution in [-0.4, -0.2) is 24.8 Å². The summed E-state index contributed by atoms with van der Waals surface area (Å²) in [6.07, 6.45) is 0. The maximum absolute atomic E-state index is 11.7. The standard InChI is InChI=1S/C17H16Cl3NO2S/c18-13-2-4-14(5-3-13)23-10-17(22)21-7-8-24-11-12-1-6-15(19)16(20)9-12/h1-6,9H,7-8,10-11H2,(H,21,22). The van der Waals surface area contributed by atoms with Gasteiger partial charge in [0.05, 0.1) is 10.0 Å². The molecule has 0 unspecified atom stereocenters. The molecule has 0 aromatic heterocycles. The molecule has 3 nitrogen and oxygen atoms in total. The molecule has 0 aliphatic carbocycles. The molecule has 0 aliphatic rings. The van der Waals surface area contributed by atoms with E-state index in [1.165, 1.54) is 0 Å². The number of halogens is 3. The highest BCUT2D eigenvalue weighted by molar-refractivity contribution is 7.98. The third-order valence-corrected chi connectivity index (χ3v) is 5.03. The minimum atomic E-state index is -0.153. The Morgan fingerprint density at radius 2 is 1.79 bits per heavy atom. The molecular formula is C17H16Cl3NO2S. The summed E-state index contributed by atoms with van der Waals surface area (Å²) < 4.78 is 5.37. The number of ether oxygens (including phenoxy) is 1. The zero-order valence-corrected chi connectivity index (χ0v) is 15.8. The van der Waals surface area contributed by atoms with Gasteiger partial charge < -0.3 is 10.1 Å². The molecular weight excluding hydrogens is 389 g/mol. The van der Waals surface area contributed by atoms with Crippen LogP contribution < -0.4 is 10.1 Å². The van der Waals surface area contributed by atoms with Crippen molar-refractivity contribution in [1.82, 2.24) is 5.32 Å². The fourth-order valence-electron chi connectivity index (χ4n) is 1.81. The number of carbonyl (C=O) groups excluding carboxylic acids is 1. The number of thioether (sulfide) groups is 1. The summed E-state index contributed by atoms with van der Waals surface area (Å²) >= 11 is 19.3. The van der Waals surface area contributed by atoms with Gasteiger partial charge in [-0.1, -0.05) is 40.9 Å². The van der Waals surface area contributed by atoms with Crippen LogP contribution in [0.3, 0.4) is 0 Å². The highest BCUT2D eigenvalue weighted by Gasteiger charge is 2.03. The quantitative estimate of drug-likeness (QED) is 0.624. The fraction of sp³-hybridized carbons (Fsp3) is 0.235. The molecule has 0 saturated heterocycles. The Hall–Kier alpha value is -1.07. The van der Waals surface area contributed by atoms with E-state index in [2.05, 4.69) is 5.32 Å². The van der Waals surface area contributed by atoms with Gasteiger partial charge in [-0.05, 0) is 42.0 Å². The van der Waals surface area contributed by atoms with Crippen molar-refractivity contribution in [1.29, 1.82) is 0 Å². The Balaban J connectivity index is 1.59. The van der Waals surface area contributed by atoms with Crippen LogP contribution in [0.2, 0.25) is 15.1 Å². The van der Waals surface area contributed by atoms with Crippen LogP contribution in [-0.2, 0) is 10.5 Å². The van der Waals surface area contributed by atoms with Gasteiger partial charge in [-0.2, -0.15) is 11.8 Å². The molecule has 7 heteroatoms. The van der Waals surface area contributed by atoms with E-state index in [9.17, 15) is 4.79 Å². The van der Waals surface area contributed by atoms with Crippen LogP contribution in [0.15, 0.2) is 42.5 Å². The summed E-state index contributed by atoms with van der Waals surface area (Å²) in [7, 11) is 0. The number of hydrogen-bond acceptors (Lipinski definition) is 3. The van der Waals surface area contributed by atoms with Crippen molar-refractivity contribution in [3.05, 3.63) is 63.1 Å². The van der Waals surface area contributed by atoms with Crippen molar-refractivity contribution in [2.75, 3.05) is 18.9 Å². The summed E-state index contributed by atoms with van der Waals surface area (Å²) in [5.41, 5.74) is 1.10. The number of nitrogens with one attached hydrogen (secondary N) is 1. The van der Waals surface area contributed by atoms with Crippen LogP contribution in [0, 0.1) is 0 Å². The maximum Gasteiger partial charge on any atom is 0.257 e. The molecule has 0 radical (unpaired) electrons. The predicted octanol–water partition coefficient (Wildman–Crippen LogP) is 5.08.